The maximum absolute atomic E-state index is 2.38. The molecule has 1 aliphatic rings. The van der Waals surface area contributed by atoms with Gasteiger partial charge >= 0.3 is 57.7 Å². The van der Waals surface area contributed by atoms with Gasteiger partial charge in [-0.05, 0) is 0 Å². The molecule has 1 saturated carbocycles. The van der Waals surface area contributed by atoms with Crippen molar-refractivity contribution in [2.24, 2.45) is 0 Å². The Bertz CT molecular complexity index is 55.4. The van der Waals surface area contributed by atoms with Gasteiger partial charge in [-0.2, -0.15) is 0 Å². The van der Waals surface area contributed by atoms with E-state index in [1.165, 1.54) is 32.1 Å². The van der Waals surface area contributed by atoms with Crippen LogP contribution in [0.15, 0.2) is 0 Å². The van der Waals surface area contributed by atoms with E-state index in [4.69, 9.17) is 0 Å². The molecule has 1 heteroatoms. The summed E-state index contributed by atoms with van der Waals surface area (Å²) in [6.45, 7) is 0. The van der Waals surface area contributed by atoms with Gasteiger partial charge in [0.05, 0.1) is 0 Å². The van der Waals surface area contributed by atoms with Crippen LogP contribution in [0.1, 0.15) is 32.1 Å². The van der Waals surface area contributed by atoms with Crippen molar-refractivity contribution in [3.63, 3.8) is 0 Å². The van der Waals surface area contributed by atoms with Crippen LogP contribution in [0.4, 0.5) is 0 Å². The first-order valence-electron chi connectivity index (χ1n) is 3.46. The molecule has 0 bridgehead atoms. The average Bonchev–Trinajstić information content (AvgIpc) is 1.90. The van der Waals surface area contributed by atoms with Crippen LogP contribution >= 0.6 is 0 Å². The van der Waals surface area contributed by atoms with Gasteiger partial charge in [0.25, 0.3) is 0 Å². The minimum atomic E-state index is 0.945. The van der Waals surface area contributed by atoms with E-state index in [0.717, 1.165) is 19.8 Å². The van der Waals surface area contributed by atoms with E-state index in [1.54, 1.807) is 0 Å². The Morgan fingerprint density at radius 1 is 1.12 bits per heavy atom. The van der Waals surface area contributed by atoms with Gasteiger partial charge < -0.3 is 0 Å². The van der Waals surface area contributed by atoms with E-state index in [2.05, 4.69) is 5.82 Å². The van der Waals surface area contributed by atoms with Crippen molar-refractivity contribution in [2.45, 2.75) is 42.7 Å². The Labute approximate surface area is 58.2 Å². The fourth-order valence-corrected chi connectivity index (χ4v) is 2.99. The monoisotopic (exact) mass is 178 g/mol. The molecule has 48 valence electrons. The first-order chi connectivity index (χ1) is 3.93. The normalized spacial score (nSPS) is 23.6. The van der Waals surface area contributed by atoms with Crippen molar-refractivity contribution >= 4 is 15.0 Å². The van der Waals surface area contributed by atoms with Gasteiger partial charge in [0, 0.05) is 0 Å². The molecule has 0 N–H and O–H groups in total. The molecule has 0 spiro atoms. The van der Waals surface area contributed by atoms with E-state index < -0.39 is 0 Å². The minimum absolute atomic E-state index is 0.945. The molecule has 0 radical (unpaired) electrons. The van der Waals surface area contributed by atoms with Gasteiger partial charge in [0.15, 0.2) is 0 Å². The molecular weight excluding hydrogens is 163 g/mol. The van der Waals surface area contributed by atoms with E-state index in [0.29, 0.717) is 0 Å². The molecule has 0 unspecified atom stereocenters. The van der Waals surface area contributed by atoms with Crippen molar-refractivity contribution in [3.8, 4) is 0 Å². The Balaban J connectivity index is 2.13. The standard InChI is InChI=1S/C7H14Se/c1-8-7-5-3-2-4-6-7/h7H,2-6H2,1H3. The van der Waals surface area contributed by atoms with Crippen LogP contribution in [0.3, 0.4) is 0 Å². The van der Waals surface area contributed by atoms with Crippen molar-refractivity contribution < 1.29 is 0 Å². The van der Waals surface area contributed by atoms with Gasteiger partial charge in [-0.25, -0.2) is 0 Å². The zero-order valence-electron chi connectivity index (χ0n) is 5.52. The van der Waals surface area contributed by atoms with E-state index in [9.17, 15) is 0 Å². The molecule has 1 fully saturated rings. The topological polar surface area (TPSA) is 0 Å². The van der Waals surface area contributed by atoms with Crippen LogP contribution in [0.5, 0.6) is 0 Å². The van der Waals surface area contributed by atoms with E-state index in [-0.39, 0.29) is 0 Å². The van der Waals surface area contributed by atoms with Crippen LogP contribution < -0.4 is 0 Å². The molecule has 0 aromatic rings. The van der Waals surface area contributed by atoms with Gasteiger partial charge in [-0.1, -0.05) is 0 Å². The maximum atomic E-state index is 2.38. The summed E-state index contributed by atoms with van der Waals surface area (Å²) in [6, 6.07) is 0. The predicted molar refractivity (Wildman–Crippen MR) is 38.5 cm³/mol. The SMILES string of the molecule is C[Se]C1CCCCC1. The molecule has 0 aromatic carbocycles. The molecule has 0 aromatic heterocycles. The van der Waals surface area contributed by atoms with Gasteiger partial charge in [-0.3, -0.25) is 0 Å². The Hall–Kier alpha value is 0.519. The molecule has 0 nitrogen and oxygen atoms in total. The molecule has 0 heterocycles. The summed E-state index contributed by atoms with van der Waals surface area (Å²) in [5, 5.41) is 0. The molecule has 0 aliphatic heterocycles. The van der Waals surface area contributed by atoms with Crippen molar-refractivity contribution in [1.82, 2.24) is 0 Å². The molecule has 0 amide bonds. The summed E-state index contributed by atoms with van der Waals surface area (Å²) >= 11 is 0.945. The van der Waals surface area contributed by atoms with Gasteiger partial charge in [0.2, 0.25) is 0 Å². The molecule has 0 atom stereocenters. The summed E-state index contributed by atoms with van der Waals surface area (Å²) < 4.78 is 0. The molecule has 8 heavy (non-hydrogen) atoms. The summed E-state index contributed by atoms with van der Waals surface area (Å²) in [7, 11) is 0. The first-order valence-corrected chi connectivity index (χ1v) is 6.16. The molecule has 0 saturated heterocycles. The second-order valence-corrected chi connectivity index (χ2v) is 4.88. The summed E-state index contributed by atoms with van der Waals surface area (Å²) in [5.41, 5.74) is 0. The molecule has 1 rings (SSSR count). The van der Waals surface area contributed by atoms with Crippen molar-refractivity contribution in [1.29, 1.82) is 0 Å². The van der Waals surface area contributed by atoms with Crippen LogP contribution in [0.25, 0.3) is 0 Å². The fourth-order valence-electron chi connectivity index (χ4n) is 1.30. The summed E-state index contributed by atoms with van der Waals surface area (Å²) in [6.07, 6.45) is 7.61. The second kappa shape index (κ2) is 3.53. The predicted octanol–water partition coefficient (Wildman–Crippen LogP) is 2.49. The fraction of sp³-hybridized carbons (Fsp3) is 1.00. The Morgan fingerprint density at radius 2 is 1.75 bits per heavy atom. The molecular formula is C7H14Se. The first kappa shape index (κ1) is 6.64. The molecule has 1 aliphatic carbocycles. The second-order valence-electron chi connectivity index (χ2n) is 2.50. The summed E-state index contributed by atoms with van der Waals surface area (Å²) in [5.74, 6) is 2.38. The third-order valence-corrected chi connectivity index (χ3v) is 4.27. The van der Waals surface area contributed by atoms with Crippen LogP contribution in [-0.2, 0) is 0 Å². The van der Waals surface area contributed by atoms with Crippen LogP contribution in [0, 0.1) is 0 Å². The van der Waals surface area contributed by atoms with Gasteiger partial charge in [0.1, 0.15) is 0 Å². The Kier molecular flexibility index (Phi) is 2.93. The van der Waals surface area contributed by atoms with Crippen LogP contribution in [-0.4, -0.2) is 15.0 Å². The zero-order chi connectivity index (χ0) is 5.82. The number of hydrogen-bond acceptors (Lipinski definition) is 0. The van der Waals surface area contributed by atoms with Gasteiger partial charge in [-0.15, -0.1) is 0 Å². The number of hydrogen-bond donors (Lipinski definition) is 0. The third kappa shape index (κ3) is 1.79. The summed E-state index contributed by atoms with van der Waals surface area (Å²) in [4.78, 5) is 1.15. The average molecular weight is 177 g/mol. The van der Waals surface area contributed by atoms with E-state index in [1.807, 2.05) is 0 Å². The van der Waals surface area contributed by atoms with Crippen molar-refractivity contribution in [2.75, 3.05) is 0 Å². The number of rotatable bonds is 1. The third-order valence-electron chi connectivity index (χ3n) is 1.89. The van der Waals surface area contributed by atoms with E-state index >= 15 is 0 Å². The Morgan fingerprint density at radius 3 is 2.12 bits per heavy atom. The van der Waals surface area contributed by atoms with Crippen molar-refractivity contribution in [3.05, 3.63) is 0 Å². The van der Waals surface area contributed by atoms with Crippen LogP contribution in [0.2, 0.25) is 10.6 Å². The quantitative estimate of drug-likeness (QED) is 0.540. The zero-order valence-corrected chi connectivity index (χ0v) is 7.23.